The molecule has 7 nitrogen and oxygen atoms in total. The lowest BCUT2D eigenvalue weighted by molar-refractivity contribution is -0.0597. The minimum atomic E-state index is -0.612. The zero-order valence-electron chi connectivity index (χ0n) is 23.5. The number of hydrogen-bond donors (Lipinski definition) is 4. The van der Waals surface area contributed by atoms with Gasteiger partial charge >= 0.3 is 0 Å². The van der Waals surface area contributed by atoms with E-state index in [1.54, 1.807) is 6.07 Å². The second-order valence-corrected chi connectivity index (χ2v) is 9.97. The quantitative estimate of drug-likeness (QED) is 0.387. The Morgan fingerprint density at radius 1 is 1.26 bits per heavy atom. The van der Waals surface area contributed by atoms with Crippen molar-refractivity contribution in [3.8, 4) is 17.6 Å². The summed E-state index contributed by atoms with van der Waals surface area (Å²) in [6.45, 7) is 13.4. The van der Waals surface area contributed by atoms with E-state index in [4.69, 9.17) is 10.5 Å². The average Bonchev–Trinajstić information content (AvgIpc) is 3.41. The largest absolute Gasteiger partial charge is 0.506 e. The molecule has 1 aliphatic heterocycles. The number of carbonyl (C=O) groups excluding carboxylic acids is 1. The van der Waals surface area contributed by atoms with Gasteiger partial charge in [0.05, 0.1) is 22.0 Å². The molecule has 38 heavy (non-hydrogen) atoms. The summed E-state index contributed by atoms with van der Waals surface area (Å²) in [7, 11) is 0. The maximum absolute atomic E-state index is 12.2. The average molecular weight is 520 g/mol. The number of amides is 1. The lowest BCUT2D eigenvalue weighted by atomic mass is 9.91. The number of phenols is 1. The molecule has 0 unspecified atom stereocenters. The fourth-order valence-electron chi connectivity index (χ4n) is 4.74. The van der Waals surface area contributed by atoms with Crippen LogP contribution in [0, 0.1) is 18.8 Å². The molecule has 0 bridgehead atoms. The Bertz CT molecular complexity index is 1540. The summed E-state index contributed by atoms with van der Waals surface area (Å²) in [5.41, 5.74) is 11.0. The van der Waals surface area contributed by atoms with E-state index in [-0.39, 0.29) is 5.75 Å². The number of fused-ring (bicyclic) bond motifs is 3. The summed E-state index contributed by atoms with van der Waals surface area (Å²) in [5, 5.41) is 22.1. The fourth-order valence-corrected chi connectivity index (χ4v) is 4.74. The lowest BCUT2D eigenvalue weighted by Crippen LogP contribution is -2.35. The molecule has 0 atom stereocenters. The summed E-state index contributed by atoms with van der Waals surface area (Å²) in [6.07, 6.45) is 7.65. The zero-order chi connectivity index (χ0) is 28.0. The first-order valence-electron chi connectivity index (χ1n) is 13.3. The van der Waals surface area contributed by atoms with Gasteiger partial charge in [0.25, 0.3) is 5.91 Å². The highest BCUT2D eigenvalue weighted by molar-refractivity contribution is 6.02. The molecule has 1 amide bonds. The molecule has 204 valence electrons. The molecule has 4 rings (SSSR count). The summed E-state index contributed by atoms with van der Waals surface area (Å²) < 4.78 is 7.23. The number of rotatable bonds is 4. The zero-order valence-corrected chi connectivity index (χ0v) is 23.5. The van der Waals surface area contributed by atoms with Crippen LogP contribution >= 0.6 is 0 Å². The Balaban J connectivity index is 0.000000244. The first kappa shape index (κ1) is 29.1. The van der Waals surface area contributed by atoms with Crippen molar-refractivity contribution in [1.82, 2.24) is 9.38 Å². The number of aryl methyl sites for hydroxylation is 1. The number of nitrogens with two attached hydrogens (primary N) is 1. The number of aromatic amines is 1. The molecule has 0 radical (unpaired) electrons. The standard InChI is InChI=1S/C19H23N3O2.C12H18O2/c1-5-7-12-14(18(20)24)19-21-15-13(23)9-8-11(4)17(15)22(19)16(12)10(3)6-2;1-3-11(2)5-4-6-12(13)7-9-14-10-8-12/h7-9,21,23H,5-6H2,1-4H3,(H2,20,24);3,13H,6-10H2,1-2H3/b12-7+,16-10?;11-3+. The normalized spacial score (nSPS) is 16.6. The minimum Gasteiger partial charge on any atom is -0.506 e. The van der Waals surface area contributed by atoms with Gasteiger partial charge in [-0.25, -0.2) is 0 Å². The molecule has 1 saturated heterocycles. The molecule has 3 heterocycles. The van der Waals surface area contributed by atoms with Gasteiger partial charge in [-0.15, -0.1) is 0 Å². The Kier molecular flexibility index (Phi) is 9.48. The highest BCUT2D eigenvalue weighted by Crippen LogP contribution is 2.28. The van der Waals surface area contributed by atoms with E-state index in [0.29, 0.717) is 49.2 Å². The van der Waals surface area contributed by atoms with Crippen molar-refractivity contribution in [2.45, 2.75) is 79.2 Å². The van der Waals surface area contributed by atoms with E-state index in [0.717, 1.165) is 40.1 Å². The molecular formula is C31H41N3O4. The monoisotopic (exact) mass is 519 g/mol. The second kappa shape index (κ2) is 12.4. The Labute approximate surface area is 224 Å². The minimum absolute atomic E-state index is 0.163. The molecule has 3 aromatic rings. The Hall–Kier alpha value is -3.47. The van der Waals surface area contributed by atoms with Crippen molar-refractivity contribution in [3.63, 3.8) is 0 Å². The summed E-state index contributed by atoms with van der Waals surface area (Å²) >= 11 is 0. The highest BCUT2D eigenvalue weighted by atomic mass is 16.5. The smallest absolute Gasteiger partial charge is 0.253 e. The van der Waals surface area contributed by atoms with Crippen molar-refractivity contribution in [3.05, 3.63) is 45.5 Å². The first-order valence-corrected chi connectivity index (χ1v) is 13.3. The molecule has 2 aromatic heterocycles. The van der Waals surface area contributed by atoms with Gasteiger partial charge < -0.3 is 25.7 Å². The number of aliphatic hydroxyl groups is 1. The molecule has 0 saturated carbocycles. The van der Waals surface area contributed by atoms with Crippen molar-refractivity contribution in [1.29, 1.82) is 0 Å². The van der Waals surface area contributed by atoms with Crippen LogP contribution in [-0.4, -0.2) is 44.3 Å². The Morgan fingerprint density at radius 3 is 2.53 bits per heavy atom. The molecule has 0 aliphatic carbocycles. The molecule has 5 N–H and O–H groups in total. The molecule has 0 spiro atoms. The van der Waals surface area contributed by atoms with Crippen LogP contribution in [0.25, 0.3) is 28.3 Å². The number of allylic oxidation sites excluding steroid dienone is 2. The second-order valence-electron chi connectivity index (χ2n) is 9.97. The van der Waals surface area contributed by atoms with Gasteiger partial charge in [-0.1, -0.05) is 43.9 Å². The summed E-state index contributed by atoms with van der Waals surface area (Å²) in [6, 6.07) is 3.54. The van der Waals surface area contributed by atoms with Crippen LogP contribution in [0.2, 0.25) is 0 Å². The number of primary amides is 1. The van der Waals surface area contributed by atoms with Gasteiger partial charge in [-0.3, -0.25) is 9.20 Å². The number of H-pyrrole nitrogens is 1. The first-order chi connectivity index (χ1) is 18.1. The third-order valence-electron chi connectivity index (χ3n) is 7.18. The maximum atomic E-state index is 12.2. The number of phenolic OH excluding ortho intramolecular Hbond substituents is 1. The van der Waals surface area contributed by atoms with Crippen LogP contribution in [0.4, 0.5) is 0 Å². The number of ether oxygens (including phenoxy) is 1. The van der Waals surface area contributed by atoms with Gasteiger partial charge in [-0.2, -0.15) is 0 Å². The fraction of sp³-hybridized carbons (Fsp3) is 0.452. The third kappa shape index (κ3) is 5.98. The number of nitrogens with zero attached hydrogens (tertiary/aromatic N) is 1. The molecule has 1 fully saturated rings. The van der Waals surface area contributed by atoms with Crippen LogP contribution in [0.5, 0.6) is 5.75 Å². The van der Waals surface area contributed by atoms with Crippen LogP contribution in [-0.2, 0) is 4.74 Å². The van der Waals surface area contributed by atoms with Gasteiger partial charge in [0.2, 0.25) is 0 Å². The van der Waals surface area contributed by atoms with Crippen LogP contribution in [0.15, 0.2) is 23.8 Å². The number of aromatic nitrogens is 2. The van der Waals surface area contributed by atoms with Crippen LogP contribution in [0.3, 0.4) is 0 Å². The van der Waals surface area contributed by atoms with Crippen molar-refractivity contribution >= 4 is 34.2 Å². The summed E-state index contributed by atoms with van der Waals surface area (Å²) in [5.74, 6) is 5.73. The van der Waals surface area contributed by atoms with Gasteiger partial charge in [0.1, 0.15) is 16.9 Å². The summed E-state index contributed by atoms with van der Waals surface area (Å²) in [4.78, 5) is 15.4. The topological polar surface area (TPSA) is 113 Å². The van der Waals surface area contributed by atoms with Gasteiger partial charge in [0, 0.05) is 37.7 Å². The number of imidazole rings is 1. The number of aromatic hydroxyl groups is 1. The van der Waals surface area contributed by atoms with Crippen molar-refractivity contribution in [2.24, 2.45) is 5.73 Å². The van der Waals surface area contributed by atoms with Gasteiger partial charge in [0.15, 0.2) is 0 Å². The number of carbonyl (C=O) groups is 1. The number of benzene rings is 1. The Morgan fingerprint density at radius 2 is 1.95 bits per heavy atom. The van der Waals surface area contributed by atoms with E-state index in [2.05, 4.69) is 30.7 Å². The number of nitrogens with one attached hydrogen (secondary N) is 1. The maximum Gasteiger partial charge on any atom is 0.253 e. The van der Waals surface area contributed by atoms with E-state index >= 15 is 0 Å². The van der Waals surface area contributed by atoms with Crippen LogP contribution < -0.4 is 16.3 Å². The predicted molar refractivity (Wildman–Crippen MR) is 154 cm³/mol. The molecule has 1 aliphatic rings. The van der Waals surface area contributed by atoms with E-state index in [1.807, 2.05) is 50.3 Å². The third-order valence-corrected chi connectivity index (χ3v) is 7.18. The molecule has 7 heteroatoms. The molecule has 1 aromatic carbocycles. The van der Waals surface area contributed by atoms with Crippen molar-refractivity contribution < 1.29 is 19.7 Å². The van der Waals surface area contributed by atoms with E-state index in [1.165, 1.54) is 5.57 Å². The number of hydrogen-bond acceptors (Lipinski definition) is 4. The van der Waals surface area contributed by atoms with E-state index in [9.17, 15) is 15.0 Å². The highest BCUT2D eigenvalue weighted by Gasteiger charge is 2.28. The van der Waals surface area contributed by atoms with Gasteiger partial charge in [-0.05, 0) is 63.3 Å². The van der Waals surface area contributed by atoms with Crippen LogP contribution in [0.1, 0.15) is 82.6 Å². The van der Waals surface area contributed by atoms with E-state index < -0.39 is 11.5 Å². The SMILES string of the molecule is C/C=C(\C)C#CCC1(O)CCOCC1.CC/C=c1\c(C(N)=O)c2[nH]c3c(O)ccc(C)c3n2c1=C(C)CC. The van der Waals surface area contributed by atoms with Crippen molar-refractivity contribution in [2.75, 3.05) is 13.2 Å². The molecular weight excluding hydrogens is 478 g/mol. The lowest BCUT2D eigenvalue weighted by Gasteiger charge is -2.30. The predicted octanol–water partition coefficient (Wildman–Crippen LogP) is 4.19.